The number of Topliss-reactive ketones (excluding diaryl/α,β-unsaturated/α-hetero) is 1. The van der Waals surface area contributed by atoms with E-state index in [1.165, 1.54) is 42.5 Å². The van der Waals surface area contributed by atoms with Gasteiger partial charge in [-0.1, -0.05) is 36.4 Å². The predicted molar refractivity (Wildman–Crippen MR) is 314 cm³/mol. The molecule has 3 fully saturated rings. The third-order valence-corrected chi connectivity index (χ3v) is 14.9. The summed E-state index contributed by atoms with van der Waals surface area (Å²) >= 11 is 10.5. The second-order valence-electron chi connectivity index (χ2n) is 18.9. The summed E-state index contributed by atoms with van der Waals surface area (Å²) in [6.07, 6.45) is 0.916. The van der Waals surface area contributed by atoms with Crippen LogP contribution < -0.4 is 11.5 Å². The molecule has 0 heterocycles. The maximum Gasteiger partial charge on any atom is 0.341 e. The van der Waals surface area contributed by atoms with Gasteiger partial charge in [-0.2, -0.15) is 13.5 Å². The molecule has 0 aliphatic heterocycles. The Balaban J connectivity index is 0.000000356. The zero-order valence-electron chi connectivity index (χ0n) is 48.1. The first-order chi connectivity index (χ1) is 41.6. The number of alkyl halides is 2. The molecule has 0 spiro atoms. The topological polar surface area (TPSA) is 195 Å². The number of amides is 1. The number of carbonyl (C=O) groups is 4. The quantitative estimate of drug-likeness (QED) is 0.0258. The van der Waals surface area contributed by atoms with E-state index in [0.29, 0.717) is 30.6 Å². The van der Waals surface area contributed by atoms with Crippen LogP contribution in [0.3, 0.4) is 0 Å². The Kier molecular flexibility index (Phi) is 34.4. The highest BCUT2D eigenvalue weighted by molar-refractivity contribution is 7.59. The lowest BCUT2D eigenvalue weighted by Crippen LogP contribution is -2.13. The van der Waals surface area contributed by atoms with Crippen LogP contribution in [-0.2, 0) is 37.5 Å². The molecular weight excluding hydrogens is 1280 g/mol. The van der Waals surface area contributed by atoms with Gasteiger partial charge in [-0.3, -0.25) is 23.7 Å². The molecule has 6 aromatic carbocycles. The Labute approximate surface area is 523 Å². The molecule has 0 saturated heterocycles. The van der Waals surface area contributed by atoms with Gasteiger partial charge in [-0.05, 0) is 160 Å². The van der Waals surface area contributed by atoms with Crippen LogP contribution in [0, 0.1) is 81.6 Å². The summed E-state index contributed by atoms with van der Waals surface area (Å²) in [5.74, 6) is -12.7. The molecule has 1 amide bonds. The van der Waals surface area contributed by atoms with E-state index in [1.807, 2.05) is 0 Å². The third kappa shape index (κ3) is 26.9. The lowest BCUT2D eigenvalue weighted by molar-refractivity contribution is -0.145. The lowest BCUT2D eigenvalue weighted by Gasteiger charge is -2.15. The van der Waals surface area contributed by atoms with Crippen LogP contribution in [0.2, 0.25) is 0 Å². The number of nitrogens with two attached hydrogens (primary N) is 2. The summed E-state index contributed by atoms with van der Waals surface area (Å²) in [5.41, 5.74) is 13.1. The monoisotopic (exact) mass is 1350 g/mol. The Morgan fingerprint density at radius 1 is 0.528 bits per heavy atom. The minimum Gasteiger partial charge on any atom is -0.466 e. The summed E-state index contributed by atoms with van der Waals surface area (Å²) in [6, 6.07) is 22.7. The minimum atomic E-state index is -3.28. The van der Waals surface area contributed by atoms with E-state index in [1.54, 1.807) is 33.8 Å². The van der Waals surface area contributed by atoms with E-state index in [4.69, 9.17) is 53.6 Å². The molecule has 0 radical (unpaired) electrons. The van der Waals surface area contributed by atoms with E-state index in [9.17, 15) is 76.4 Å². The third-order valence-electron chi connectivity index (χ3n) is 12.4. The number of rotatable bonds is 17. The minimum absolute atomic E-state index is 0. The molecule has 6 aromatic rings. The number of esters is 2. The molecule has 3 aliphatic carbocycles. The molecule has 0 aromatic heterocycles. The Hall–Kier alpha value is -6.44. The number of primary amides is 1. The second-order valence-corrected chi connectivity index (χ2v) is 21.6. The maximum absolute atomic E-state index is 13.0. The number of halogens is 14. The molecular formula is C61H65Cl2F12N2O10PS. The number of aliphatic hydroxyl groups is 1. The zero-order chi connectivity index (χ0) is 66.0. The van der Waals surface area contributed by atoms with Crippen molar-refractivity contribution in [1.29, 1.82) is 0 Å². The van der Waals surface area contributed by atoms with Gasteiger partial charge in [0.2, 0.25) is 5.91 Å². The summed E-state index contributed by atoms with van der Waals surface area (Å²) < 4.78 is 181. The largest absolute Gasteiger partial charge is 0.466 e. The van der Waals surface area contributed by atoms with Crippen molar-refractivity contribution in [1.82, 2.24) is 0 Å². The SMILES string of the molecule is CCOC(=O)CP(=O)(OCC)OCC.CCOC(=O)[C@@H]1C[C@H]1c1ccc(F)c(F)c1.Fc1ccccc1F.NC(=O)[C@@H]1C[C@H]1c1ccc(F)c(F)c1.N[C@@H]1C[C@H]1c1ccc(F)c(F)c1.O=C(CCl)c1ccc(F)c(F)c1.O[C@H](CCl)c1ccc(F)c(F)c1.S. The van der Waals surface area contributed by atoms with Crippen LogP contribution in [0.5, 0.6) is 0 Å². The van der Waals surface area contributed by atoms with Gasteiger partial charge >= 0.3 is 19.5 Å². The van der Waals surface area contributed by atoms with E-state index in [-0.39, 0.29) is 110 Å². The van der Waals surface area contributed by atoms with Gasteiger partial charge in [-0.25, -0.2) is 52.7 Å². The van der Waals surface area contributed by atoms with E-state index < -0.39 is 95.3 Å². The molecule has 3 saturated carbocycles. The molecule has 9 rings (SSSR count). The van der Waals surface area contributed by atoms with Gasteiger partial charge in [0.25, 0.3) is 0 Å². The second kappa shape index (κ2) is 39.0. The molecule has 12 nitrogen and oxygen atoms in total. The van der Waals surface area contributed by atoms with Crippen LogP contribution in [0.1, 0.15) is 103 Å². The molecule has 3 aliphatic rings. The molecule has 28 heteroatoms. The molecule has 0 unspecified atom stereocenters. The van der Waals surface area contributed by atoms with Gasteiger partial charge < -0.3 is 35.1 Å². The fourth-order valence-corrected chi connectivity index (χ4v) is 9.44. The van der Waals surface area contributed by atoms with Gasteiger partial charge in [0.05, 0.1) is 50.2 Å². The van der Waals surface area contributed by atoms with Crippen LogP contribution in [0.25, 0.3) is 0 Å². The van der Waals surface area contributed by atoms with Crippen molar-refractivity contribution in [3.63, 3.8) is 0 Å². The zero-order valence-corrected chi connectivity index (χ0v) is 51.5. The van der Waals surface area contributed by atoms with Crippen molar-refractivity contribution >= 4 is 67.9 Å². The highest BCUT2D eigenvalue weighted by Gasteiger charge is 2.45. The fraction of sp³-hybridized carbons (Fsp3) is 0.344. The fourth-order valence-electron chi connectivity index (χ4n) is 7.66. The number of ether oxygens (including phenoxy) is 2. The first-order valence-corrected chi connectivity index (χ1v) is 29.6. The number of ketones is 1. The number of benzene rings is 6. The van der Waals surface area contributed by atoms with Crippen LogP contribution in [0.15, 0.2) is 115 Å². The van der Waals surface area contributed by atoms with Crippen molar-refractivity contribution in [2.75, 3.05) is 44.3 Å². The smallest absolute Gasteiger partial charge is 0.341 e. The predicted octanol–water partition coefficient (Wildman–Crippen LogP) is 14.5. The number of carbonyl (C=O) groups excluding carboxylic acids is 4. The highest BCUT2D eigenvalue weighted by atomic mass is 35.5. The lowest BCUT2D eigenvalue weighted by atomic mass is 10.1. The standard InChI is InChI=1S/C12H12F2O2.C10H9F2NO.C9H9F2N.C8H7ClF2O.C8H5ClF2O.C8H17O5P.C6H4F2.H2S/c1-2-16-12(15)9-6-8(9)7-3-4-10(13)11(14)5-7;11-8-2-1-5(3-9(8)12)6-4-7(6)10(13)14;10-7-2-1-5(3-8(7)11)6-4-9(6)12;2*9-4-8(12)5-1-2-6(10)7(11)3-5;1-4-11-8(9)7-14(10,12-5-2)13-6-3;7-5-3-1-2-4-6(5)8;/h3-5,8-9H,2,6H2,1H3;1-3,6-7H,4H2,(H2,13,14);1-3,6,9H,4,12H2;1-3,8,12H,4H2;1-3H,4H2;4-7H2,1-3H3;1-4H;1H2/t8-,9+;6-,7+;6-,9+;8-;;;;/m0001..../s1. The number of aliphatic hydroxyl groups excluding tert-OH is 1. The number of hydrogen-bond donors (Lipinski definition) is 3. The van der Waals surface area contributed by atoms with E-state index >= 15 is 0 Å². The van der Waals surface area contributed by atoms with Crippen LogP contribution in [0.4, 0.5) is 52.7 Å². The molecule has 5 N–H and O–H groups in total. The van der Waals surface area contributed by atoms with Gasteiger partial charge in [0.1, 0.15) is 6.16 Å². The molecule has 89 heavy (non-hydrogen) atoms. The van der Waals surface area contributed by atoms with Gasteiger partial charge in [0, 0.05) is 23.4 Å². The highest BCUT2D eigenvalue weighted by Crippen LogP contribution is 2.49. The normalized spacial score (nSPS) is 17.4. The molecule has 0 bridgehead atoms. The summed E-state index contributed by atoms with van der Waals surface area (Å²) in [7, 11) is -3.28. The van der Waals surface area contributed by atoms with Gasteiger partial charge in [0.15, 0.2) is 75.6 Å². The summed E-state index contributed by atoms with van der Waals surface area (Å²) in [4.78, 5) is 44.0. The first kappa shape index (κ1) is 78.7. The van der Waals surface area contributed by atoms with Crippen molar-refractivity contribution in [3.05, 3.63) is 213 Å². The molecule has 7 atom stereocenters. The van der Waals surface area contributed by atoms with Gasteiger partial charge in [-0.15, -0.1) is 23.2 Å². The maximum atomic E-state index is 13.0. The summed E-state index contributed by atoms with van der Waals surface area (Å²) in [6.45, 7) is 7.91. The summed E-state index contributed by atoms with van der Waals surface area (Å²) in [5, 5.41) is 9.12. The van der Waals surface area contributed by atoms with E-state index in [2.05, 4.69) is 4.74 Å². The van der Waals surface area contributed by atoms with Crippen LogP contribution >= 0.6 is 44.3 Å². The van der Waals surface area contributed by atoms with Crippen LogP contribution in [-0.4, -0.2) is 79.1 Å². The van der Waals surface area contributed by atoms with Crippen molar-refractivity contribution in [2.24, 2.45) is 23.3 Å². The van der Waals surface area contributed by atoms with Crippen molar-refractivity contribution < 1.29 is 100 Å². The average Bonchev–Trinajstić information content (AvgIpc) is 2.39. The average molecular weight is 1350 g/mol. The van der Waals surface area contributed by atoms with Crippen molar-refractivity contribution in [3.8, 4) is 0 Å². The van der Waals surface area contributed by atoms with Crippen molar-refractivity contribution in [2.45, 2.75) is 76.9 Å². The number of hydrogen-bond acceptors (Lipinski definition) is 11. The first-order valence-electron chi connectivity index (χ1n) is 26.8. The Bertz CT molecular complexity index is 3250. The van der Waals surface area contributed by atoms with E-state index in [0.717, 1.165) is 78.7 Å². The Morgan fingerprint density at radius 2 is 0.910 bits per heavy atom. The molecule has 488 valence electrons. The Morgan fingerprint density at radius 3 is 1.26 bits per heavy atom.